The fourth-order valence-corrected chi connectivity index (χ4v) is 4.67. The number of carbonyl (C=O) groups is 2. The Morgan fingerprint density at radius 2 is 1.52 bits per heavy atom. The monoisotopic (exact) mass is 583 g/mol. The number of hydrogen-bond acceptors (Lipinski definition) is 5. The average molecular weight is 585 g/mol. The summed E-state index contributed by atoms with van der Waals surface area (Å²) in [5.41, 5.74) is 3.68. The van der Waals surface area contributed by atoms with Crippen LogP contribution in [-0.2, 0) is 15.9 Å². The normalized spacial score (nSPS) is 12.0. The molecule has 2 N–H and O–H groups in total. The number of fused-ring (bicyclic) bond motifs is 3. The maximum absolute atomic E-state index is 13.1. The molecule has 1 heterocycles. The van der Waals surface area contributed by atoms with Gasteiger partial charge in [-0.2, -0.15) is 0 Å². The summed E-state index contributed by atoms with van der Waals surface area (Å²) in [7, 11) is 0. The van der Waals surface area contributed by atoms with Crippen LogP contribution in [0.3, 0.4) is 0 Å². The van der Waals surface area contributed by atoms with Gasteiger partial charge in [-0.3, -0.25) is 0 Å². The minimum Gasteiger partial charge on any atom is -0.443 e. The molecule has 0 aliphatic carbocycles. The highest BCUT2D eigenvalue weighted by Gasteiger charge is 2.31. The summed E-state index contributed by atoms with van der Waals surface area (Å²) >= 11 is 12.7. The summed E-state index contributed by atoms with van der Waals surface area (Å²) in [5.74, 6) is 0. The molecule has 0 atom stereocenters. The number of rotatable bonds is 5. The molecule has 0 unspecified atom stereocenters. The maximum Gasteiger partial charge on any atom is 0.419 e. The minimum absolute atomic E-state index is 0.0302. The lowest BCUT2D eigenvalue weighted by Gasteiger charge is -2.29. The van der Waals surface area contributed by atoms with Crippen molar-refractivity contribution in [2.75, 3.05) is 11.9 Å². The van der Waals surface area contributed by atoms with Crippen LogP contribution in [0.5, 0.6) is 0 Å². The average Bonchev–Trinajstić information content (AvgIpc) is 3.18. The Morgan fingerprint density at radius 1 is 0.875 bits per heavy atom. The summed E-state index contributed by atoms with van der Waals surface area (Å²) in [6.07, 6.45) is -1.22. The zero-order valence-electron chi connectivity index (χ0n) is 23.9. The number of H-pyrrole nitrogens is 1. The Labute approximate surface area is 244 Å². The molecule has 0 saturated heterocycles. The molecule has 7 nitrogen and oxygen atoms in total. The number of halogens is 2. The molecule has 0 radical (unpaired) electrons. The van der Waals surface area contributed by atoms with Gasteiger partial charge in [-0.15, -0.1) is 0 Å². The summed E-state index contributed by atoms with van der Waals surface area (Å²) in [4.78, 5) is 30.8. The van der Waals surface area contributed by atoms with Gasteiger partial charge in [-0.05, 0) is 96.8 Å². The lowest BCUT2D eigenvalue weighted by Crippen LogP contribution is -2.44. The smallest absolute Gasteiger partial charge is 0.419 e. The number of nitrogens with zero attached hydrogens (tertiary/aromatic N) is 1. The van der Waals surface area contributed by atoms with Gasteiger partial charge in [0.25, 0.3) is 0 Å². The Kier molecular flexibility index (Phi) is 8.29. The third-order valence-corrected chi connectivity index (χ3v) is 6.75. The van der Waals surface area contributed by atoms with Crippen LogP contribution < -0.4 is 5.32 Å². The SMILES string of the molecule is Cc1ccc(Nc2ccc3c([nH]c4ccc(Cl)cc43)c2CCN(C(=O)OC(C)(C)C)C(=O)OC(C)(C)C)cc1Cl. The van der Waals surface area contributed by atoms with Crippen molar-refractivity contribution in [3.8, 4) is 0 Å². The molecule has 0 spiro atoms. The Morgan fingerprint density at radius 3 is 2.12 bits per heavy atom. The van der Waals surface area contributed by atoms with Gasteiger partial charge in [-0.25, -0.2) is 14.5 Å². The lowest BCUT2D eigenvalue weighted by molar-refractivity contribution is 0.00172. The molecule has 4 rings (SSSR count). The Balaban J connectivity index is 1.78. The first-order valence-corrected chi connectivity index (χ1v) is 13.9. The number of imide groups is 1. The summed E-state index contributed by atoms with van der Waals surface area (Å²) in [6, 6.07) is 15.4. The van der Waals surface area contributed by atoms with Crippen molar-refractivity contribution in [3.05, 3.63) is 69.7 Å². The van der Waals surface area contributed by atoms with Gasteiger partial charge in [0.15, 0.2) is 0 Å². The van der Waals surface area contributed by atoms with Crippen molar-refractivity contribution in [1.82, 2.24) is 9.88 Å². The van der Waals surface area contributed by atoms with Crippen molar-refractivity contribution in [2.24, 2.45) is 0 Å². The number of aromatic nitrogens is 1. The first-order chi connectivity index (χ1) is 18.6. The molecule has 0 aliphatic rings. The summed E-state index contributed by atoms with van der Waals surface area (Å²) in [5, 5.41) is 6.69. The highest BCUT2D eigenvalue weighted by Crippen LogP contribution is 2.35. The molecule has 212 valence electrons. The predicted molar refractivity (Wildman–Crippen MR) is 163 cm³/mol. The fourth-order valence-electron chi connectivity index (χ4n) is 4.32. The third-order valence-electron chi connectivity index (χ3n) is 6.11. The number of anilines is 2. The van der Waals surface area contributed by atoms with Crippen LogP contribution in [0.2, 0.25) is 10.0 Å². The molecule has 0 bridgehead atoms. The Bertz CT molecular complexity index is 1550. The van der Waals surface area contributed by atoms with Gasteiger partial charge < -0.3 is 19.8 Å². The first-order valence-electron chi connectivity index (χ1n) is 13.1. The third kappa shape index (κ3) is 7.01. The van der Waals surface area contributed by atoms with Crippen LogP contribution in [0.1, 0.15) is 52.7 Å². The van der Waals surface area contributed by atoms with Gasteiger partial charge in [0, 0.05) is 49.8 Å². The van der Waals surface area contributed by atoms with Gasteiger partial charge >= 0.3 is 12.2 Å². The number of aromatic amines is 1. The topological polar surface area (TPSA) is 83.7 Å². The van der Waals surface area contributed by atoms with Crippen LogP contribution in [0.25, 0.3) is 21.8 Å². The van der Waals surface area contributed by atoms with Crippen molar-refractivity contribution >= 4 is 68.6 Å². The molecular weight excluding hydrogens is 549 g/mol. The zero-order chi connectivity index (χ0) is 29.4. The minimum atomic E-state index is -0.786. The molecule has 0 fully saturated rings. The van der Waals surface area contributed by atoms with E-state index < -0.39 is 23.4 Å². The van der Waals surface area contributed by atoms with Crippen LogP contribution in [0, 0.1) is 6.92 Å². The molecule has 1 aromatic heterocycles. The molecule has 0 aliphatic heterocycles. The fraction of sp³-hybridized carbons (Fsp3) is 0.355. The second-order valence-corrected chi connectivity index (χ2v) is 12.6. The van der Waals surface area contributed by atoms with Gasteiger partial charge in [0.1, 0.15) is 11.2 Å². The van der Waals surface area contributed by atoms with Crippen molar-refractivity contribution in [2.45, 2.75) is 66.1 Å². The number of hydrogen-bond donors (Lipinski definition) is 2. The quantitative estimate of drug-likeness (QED) is 0.244. The van der Waals surface area contributed by atoms with E-state index in [0.29, 0.717) is 16.5 Å². The second kappa shape index (κ2) is 11.2. The van der Waals surface area contributed by atoms with E-state index in [1.54, 1.807) is 41.5 Å². The van der Waals surface area contributed by atoms with Crippen LogP contribution in [-0.4, -0.2) is 39.8 Å². The standard InChI is InChI=1S/C31H35Cl2N3O4/c1-18-8-10-20(17-24(18)33)34-25-13-11-21-23-16-19(32)9-12-26(23)35-27(21)22(25)14-15-36(28(37)39-30(2,3)4)29(38)40-31(5,6)7/h8-13,16-17,34-35H,14-15H2,1-7H3. The largest absolute Gasteiger partial charge is 0.443 e. The number of amides is 2. The van der Waals surface area contributed by atoms with E-state index in [0.717, 1.165) is 49.2 Å². The first kappa shape index (κ1) is 29.6. The van der Waals surface area contributed by atoms with Crippen molar-refractivity contribution < 1.29 is 19.1 Å². The molecule has 2 amide bonds. The van der Waals surface area contributed by atoms with Gasteiger partial charge in [0.05, 0.1) is 5.52 Å². The van der Waals surface area contributed by atoms with E-state index in [2.05, 4.69) is 10.3 Å². The lowest BCUT2D eigenvalue weighted by atomic mass is 10.0. The van der Waals surface area contributed by atoms with Crippen LogP contribution in [0.15, 0.2) is 48.5 Å². The van der Waals surface area contributed by atoms with E-state index >= 15 is 0 Å². The second-order valence-electron chi connectivity index (χ2n) is 11.8. The summed E-state index contributed by atoms with van der Waals surface area (Å²) in [6.45, 7) is 12.5. The number of benzene rings is 3. The number of ether oxygens (including phenoxy) is 2. The van der Waals surface area contributed by atoms with Crippen molar-refractivity contribution in [1.29, 1.82) is 0 Å². The maximum atomic E-state index is 13.1. The van der Waals surface area contributed by atoms with E-state index in [4.69, 9.17) is 32.7 Å². The zero-order valence-corrected chi connectivity index (χ0v) is 25.4. The van der Waals surface area contributed by atoms with E-state index in [-0.39, 0.29) is 6.54 Å². The number of carbonyl (C=O) groups excluding carboxylic acids is 2. The van der Waals surface area contributed by atoms with E-state index in [1.165, 1.54) is 0 Å². The molecule has 9 heteroatoms. The Hall–Kier alpha value is -3.42. The molecule has 3 aromatic carbocycles. The molecule has 40 heavy (non-hydrogen) atoms. The predicted octanol–water partition coefficient (Wildman–Crippen LogP) is 9.39. The molecule has 0 saturated carbocycles. The molecule has 4 aromatic rings. The van der Waals surface area contributed by atoms with Gasteiger partial charge in [-0.1, -0.05) is 35.3 Å². The molecular formula is C31H35Cl2N3O4. The number of aryl methyl sites for hydroxylation is 1. The van der Waals surface area contributed by atoms with Crippen molar-refractivity contribution in [3.63, 3.8) is 0 Å². The highest BCUT2D eigenvalue weighted by molar-refractivity contribution is 6.32. The van der Waals surface area contributed by atoms with Crippen LogP contribution in [0.4, 0.5) is 21.0 Å². The van der Waals surface area contributed by atoms with E-state index in [1.807, 2.05) is 55.5 Å². The number of nitrogens with one attached hydrogen (secondary N) is 2. The highest BCUT2D eigenvalue weighted by atomic mass is 35.5. The van der Waals surface area contributed by atoms with Gasteiger partial charge in [0.2, 0.25) is 0 Å². The summed E-state index contributed by atoms with van der Waals surface area (Å²) < 4.78 is 11.1. The van der Waals surface area contributed by atoms with E-state index in [9.17, 15) is 9.59 Å². The van der Waals surface area contributed by atoms with Crippen LogP contribution >= 0.6 is 23.2 Å².